The first kappa shape index (κ1) is 19.1. The van der Waals surface area contributed by atoms with E-state index in [0.717, 1.165) is 16.6 Å². The number of non-ortho nitro benzene ring substituents is 1. The van der Waals surface area contributed by atoms with Crippen LogP contribution >= 0.6 is 11.6 Å². The molecule has 29 heavy (non-hydrogen) atoms. The predicted molar refractivity (Wildman–Crippen MR) is 112 cm³/mol. The summed E-state index contributed by atoms with van der Waals surface area (Å²) in [7, 11) is 0. The van der Waals surface area contributed by atoms with Crippen molar-refractivity contribution in [1.82, 2.24) is 9.88 Å². The third-order valence-corrected chi connectivity index (χ3v) is 5.42. The van der Waals surface area contributed by atoms with Crippen LogP contribution in [0.25, 0.3) is 10.8 Å². The van der Waals surface area contributed by atoms with E-state index in [1.54, 1.807) is 24.4 Å². The number of piperazine rings is 1. The quantitative estimate of drug-likeness (QED) is 0.484. The molecule has 1 amide bonds. The van der Waals surface area contributed by atoms with Crippen LogP contribution in [-0.4, -0.2) is 46.9 Å². The van der Waals surface area contributed by atoms with Gasteiger partial charge in [-0.05, 0) is 29.8 Å². The van der Waals surface area contributed by atoms with E-state index in [1.165, 1.54) is 12.3 Å². The van der Waals surface area contributed by atoms with Crippen LogP contribution in [0.2, 0.25) is 5.02 Å². The summed E-state index contributed by atoms with van der Waals surface area (Å²) >= 11 is 6.00. The second kappa shape index (κ2) is 8.05. The molecule has 1 aliphatic rings. The Bertz CT molecular complexity index is 1080. The number of nitrogens with zero attached hydrogens (tertiary/aromatic N) is 4. The number of halogens is 1. The van der Waals surface area contributed by atoms with Gasteiger partial charge in [-0.3, -0.25) is 19.9 Å². The summed E-state index contributed by atoms with van der Waals surface area (Å²) in [5.41, 5.74) is 1.88. The number of amides is 1. The Morgan fingerprint density at radius 3 is 2.62 bits per heavy atom. The zero-order chi connectivity index (χ0) is 20.4. The minimum Gasteiger partial charge on any atom is -0.367 e. The molecular weight excluding hydrogens is 392 g/mol. The van der Waals surface area contributed by atoms with Crippen molar-refractivity contribution in [3.05, 3.63) is 75.6 Å². The highest BCUT2D eigenvalue weighted by Crippen LogP contribution is 2.33. The lowest BCUT2D eigenvalue weighted by Gasteiger charge is -2.36. The zero-order valence-electron chi connectivity index (χ0n) is 15.6. The normalized spacial score (nSPS) is 14.2. The average Bonchev–Trinajstić information content (AvgIpc) is 2.73. The summed E-state index contributed by atoms with van der Waals surface area (Å²) in [6.45, 7) is 2.53. The van der Waals surface area contributed by atoms with Gasteiger partial charge in [-0.1, -0.05) is 23.7 Å². The summed E-state index contributed by atoms with van der Waals surface area (Å²) in [5, 5.41) is 13.2. The van der Waals surface area contributed by atoms with E-state index >= 15 is 0 Å². The van der Waals surface area contributed by atoms with Crippen LogP contribution in [0, 0.1) is 10.1 Å². The Kier molecular flexibility index (Phi) is 5.31. The molecule has 0 saturated carbocycles. The van der Waals surface area contributed by atoms with Crippen LogP contribution in [0.15, 0.2) is 54.9 Å². The molecule has 1 saturated heterocycles. The molecule has 0 atom stereocenters. The topological polar surface area (TPSA) is 79.6 Å². The van der Waals surface area contributed by atoms with E-state index in [-0.39, 0.29) is 16.5 Å². The van der Waals surface area contributed by atoms with Crippen LogP contribution < -0.4 is 4.90 Å². The second-order valence-electron chi connectivity index (χ2n) is 6.96. The number of hydrogen-bond acceptors (Lipinski definition) is 5. The highest BCUT2D eigenvalue weighted by Gasteiger charge is 2.24. The fourth-order valence-electron chi connectivity index (χ4n) is 3.72. The fraction of sp³-hybridized carbons (Fsp3) is 0.238. The summed E-state index contributed by atoms with van der Waals surface area (Å²) in [6, 6.07) is 12.5. The van der Waals surface area contributed by atoms with Gasteiger partial charge in [0, 0.05) is 60.7 Å². The molecule has 0 unspecified atom stereocenters. The molecular formula is C21H19ClN4O3. The molecule has 1 aromatic heterocycles. The molecule has 1 fully saturated rings. The van der Waals surface area contributed by atoms with Crippen molar-refractivity contribution in [2.75, 3.05) is 31.1 Å². The second-order valence-corrected chi connectivity index (χ2v) is 7.39. The third kappa shape index (κ3) is 4.00. The maximum Gasteiger partial charge on any atom is 0.278 e. The Morgan fingerprint density at radius 2 is 1.90 bits per heavy atom. The standard InChI is InChI=1S/C21H19ClN4O3/c22-16-3-1-2-15(12-16)13-21(27)25-10-8-24(9-11-25)19-4-5-20(26(28)29)18-14-23-7-6-17(18)19/h1-7,12,14H,8-11,13H2. The van der Waals surface area contributed by atoms with Gasteiger partial charge in [-0.25, -0.2) is 0 Å². The van der Waals surface area contributed by atoms with Crippen molar-refractivity contribution in [2.45, 2.75) is 6.42 Å². The molecule has 0 bridgehead atoms. The van der Waals surface area contributed by atoms with Gasteiger partial charge in [0.1, 0.15) is 0 Å². The molecule has 8 heteroatoms. The van der Waals surface area contributed by atoms with Crippen molar-refractivity contribution in [3.8, 4) is 0 Å². The number of hydrogen-bond donors (Lipinski definition) is 0. The number of carbonyl (C=O) groups excluding carboxylic acids is 1. The molecule has 1 aliphatic heterocycles. The first-order chi connectivity index (χ1) is 14.0. The number of nitro groups is 1. The van der Waals surface area contributed by atoms with E-state index in [0.29, 0.717) is 43.0 Å². The first-order valence-electron chi connectivity index (χ1n) is 9.31. The molecule has 4 rings (SSSR count). The molecule has 0 aliphatic carbocycles. The number of pyridine rings is 1. The minimum atomic E-state index is -0.389. The van der Waals surface area contributed by atoms with Crippen LogP contribution in [0.1, 0.15) is 5.56 Å². The summed E-state index contributed by atoms with van der Waals surface area (Å²) in [5.74, 6) is 0.0738. The number of carbonyl (C=O) groups is 1. The van der Waals surface area contributed by atoms with Crippen molar-refractivity contribution < 1.29 is 9.72 Å². The van der Waals surface area contributed by atoms with Gasteiger partial charge in [0.15, 0.2) is 0 Å². The monoisotopic (exact) mass is 410 g/mol. The lowest BCUT2D eigenvalue weighted by Crippen LogP contribution is -2.49. The molecule has 7 nitrogen and oxygen atoms in total. The molecule has 2 aromatic carbocycles. The predicted octanol–water partition coefficient (Wildman–Crippen LogP) is 3.69. The number of rotatable bonds is 4. The Morgan fingerprint density at radius 1 is 1.10 bits per heavy atom. The molecule has 0 N–H and O–H groups in total. The van der Waals surface area contributed by atoms with Gasteiger partial charge in [-0.15, -0.1) is 0 Å². The smallest absolute Gasteiger partial charge is 0.278 e. The lowest BCUT2D eigenvalue weighted by atomic mass is 10.1. The minimum absolute atomic E-state index is 0.0483. The van der Waals surface area contributed by atoms with Crippen molar-refractivity contribution in [3.63, 3.8) is 0 Å². The summed E-state index contributed by atoms with van der Waals surface area (Å²) in [6.07, 6.45) is 3.49. The maximum atomic E-state index is 12.6. The SMILES string of the molecule is O=C(Cc1cccc(Cl)c1)N1CCN(c2ccc([N+](=O)[O-])c3cnccc23)CC1. The molecule has 0 radical (unpaired) electrons. The van der Waals surface area contributed by atoms with Gasteiger partial charge >= 0.3 is 0 Å². The van der Waals surface area contributed by atoms with Crippen LogP contribution in [0.3, 0.4) is 0 Å². The first-order valence-corrected chi connectivity index (χ1v) is 9.69. The number of benzene rings is 2. The largest absolute Gasteiger partial charge is 0.367 e. The Labute approximate surface area is 172 Å². The lowest BCUT2D eigenvalue weighted by molar-refractivity contribution is -0.383. The van der Waals surface area contributed by atoms with E-state index in [1.807, 2.05) is 23.1 Å². The number of fused-ring (bicyclic) bond motifs is 1. The summed E-state index contributed by atoms with van der Waals surface area (Å²) < 4.78 is 0. The molecule has 3 aromatic rings. The van der Waals surface area contributed by atoms with Gasteiger partial charge in [0.2, 0.25) is 5.91 Å². The van der Waals surface area contributed by atoms with Crippen LogP contribution in [0.5, 0.6) is 0 Å². The fourth-order valence-corrected chi connectivity index (χ4v) is 3.94. The van der Waals surface area contributed by atoms with E-state index in [2.05, 4.69) is 9.88 Å². The summed E-state index contributed by atoms with van der Waals surface area (Å²) in [4.78, 5) is 31.6. The number of aromatic nitrogens is 1. The highest BCUT2D eigenvalue weighted by atomic mass is 35.5. The van der Waals surface area contributed by atoms with E-state index < -0.39 is 0 Å². The highest BCUT2D eigenvalue weighted by molar-refractivity contribution is 6.30. The van der Waals surface area contributed by atoms with Gasteiger partial charge in [-0.2, -0.15) is 0 Å². The van der Waals surface area contributed by atoms with Crippen LogP contribution in [-0.2, 0) is 11.2 Å². The van der Waals surface area contributed by atoms with Crippen molar-refractivity contribution in [2.24, 2.45) is 0 Å². The van der Waals surface area contributed by atoms with Gasteiger partial charge in [0.25, 0.3) is 5.69 Å². The van der Waals surface area contributed by atoms with E-state index in [9.17, 15) is 14.9 Å². The van der Waals surface area contributed by atoms with Crippen LogP contribution in [0.4, 0.5) is 11.4 Å². The van der Waals surface area contributed by atoms with Gasteiger partial charge < -0.3 is 9.80 Å². The molecule has 0 spiro atoms. The average molecular weight is 411 g/mol. The Balaban J connectivity index is 1.48. The molecule has 148 valence electrons. The number of nitro benzene ring substituents is 1. The van der Waals surface area contributed by atoms with Crippen molar-refractivity contribution >= 4 is 39.7 Å². The number of anilines is 1. The third-order valence-electron chi connectivity index (χ3n) is 5.19. The van der Waals surface area contributed by atoms with Crippen molar-refractivity contribution in [1.29, 1.82) is 0 Å². The Hall–Kier alpha value is -3.19. The van der Waals surface area contributed by atoms with Gasteiger partial charge in [0.05, 0.1) is 16.7 Å². The molecule has 2 heterocycles. The maximum absolute atomic E-state index is 12.6. The van der Waals surface area contributed by atoms with E-state index in [4.69, 9.17) is 11.6 Å². The zero-order valence-corrected chi connectivity index (χ0v) is 16.4.